The van der Waals surface area contributed by atoms with Crippen molar-refractivity contribution >= 4 is 11.7 Å². The van der Waals surface area contributed by atoms with Gasteiger partial charge in [0.2, 0.25) is 0 Å². The molecule has 0 amide bonds. The number of carbonyl (C=O) groups is 1. The minimum atomic E-state index is -0.471. The number of methoxy groups -OCH3 is 2. The third-order valence-corrected chi connectivity index (χ3v) is 3.20. The summed E-state index contributed by atoms with van der Waals surface area (Å²) in [4.78, 5) is 11.8. The van der Waals surface area contributed by atoms with Crippen LogP contribution in [0.15, 0.2) is 24.3 Å². The number of rotatable bonds is 5. The van der Waals surface area contributed by atoms with Crippen molar-refractivity contribution in [1.82, 2.24) is 0 Å². The Morgan fingerprint density at radius 2 is 2.11 bits per heavy atom. The molecule has 104 valence electrons. The van der Waals surface area contributed by atoms with Gasteiger partial charge in [0, 0.05) is 12.3 Å². The summed E-state index contributed by atoms with van der Waals surface area (Å²) in [5, 5.41) is 3.17. The van der Waals surface area contributed by atoms with E-state index in [9.17, 15) is 4.79 Å². The molecule has 0 aliphatic carbocycles. The smallest absolute Gasteiger partial charge is 0.331 e. The summed E-state index contributed by atoms with van der Waals surface area (Å²) in [7, 11) is 3.01. The van der Waals surface area contributed by atoms with Crippen molar-refractivity contribution < 1.29 is 19.0 Å². The lowest BCUT2D eigenvalue weighted by molar-refractivity contribution is -0.144. The van der Waals surface area contributed by atoms with E-state index in [4.69, 9.17) is 14.2 Å². The number of carbonyl (C=O) groups excluding carboxylic acids is 1. The fourth-order valence-electron chi connectivity index (χ4n) is 2.16. The predicted octanol–water partition coefficient (Wildman–Crippen LogP) is 1.83. The summed E-state index contributed by atoms with van der Waals surface area (Å²) >= 11 is 0. The maximum absolute atomic E-state index is 11.8. The maximum Gasteiger partial charge on any atom is 0.331 e. The fourth-order valence-corrected chi connectivity index (χ4v) is 2.16. The van der Waals surface area contributed by atoms with Crippen LogP contribution in [0.25, 0.3) is 0 Å². The standard InChI is InChI=1S/C14H19NO4/c1-17-11-7-5-10(6-8-11)15-13(14(16)18-2)12-4-3-9-19-12/h5-8,12-13,15H,3-4,9H2,1-2H3. The molecule has 2 atom stereocenters. The van der Waals surface area contributed by atoms with Crippen LogP contribution in [-0.4, -0.2) is 38.9 Å². The molecule has 1 aliphatic heterocycles. The van der Waals surface area contributed by atoms with Crippen LogP contribution in [-0.2, 0) is 14.3 Å². The average Bonchev–Trinajstić information content (AvgIpc) is 2.98. The molecule has 0 bridgehead atoms. The van der Waals surface area contributed by atoms with Gasteiger partial charge in [-0.25, -0.2) is 4.79 Å². The van der Waals surface area contributed by atoms with Crippen LogP contribution in [0.2, 0.25) is 0 Å². The summed E-state index contributed by atoms with van der Waals surface area (Å²) in [6.45, 7) is 0.697. The second-order valence-corrected chi connectivity index (χ2v) is 4.43. The Balaban J connectivity index is 2.07. The molecular weight excluding hydrogens is 246 g/mol. The minimum Gasteiger partial charge on any atom is -0.497 e. The van der Waals surface area contributed by atoms with Crippen LogP contribution < -0.4 is 10.1 Å². The lowest BCUT2D eigenvalue weighted by Crippen LogP contribution is -2.41. The Bertz CT molecular complexity index is 412. The van der Waals surface area contributed by atoms with Crippen LogP contribution in [0.4, 0.5) is 5.69 Å². The molecule has 1 saturated heterocycles. The molecule has 0 spiro atoms. The van der Waals surface area contributed by atoms with E-state index in [2.05, 4.69) is 5.32 Å². The molecule has 1 aliphatic rings. The number of esters is 1. The van der Waals surface area contributed by atoms with Gasteiger partial charge in [-0.1, -0.05) is 0 Å². The van der Waals surface area contributed by atoms with E-state index in [0.717, 1.165) is 24.3 Å². The monoisotopic (exact) mass is 265 g/mol. The summed E-state index contributed by atoms with van der Waals surface area (Å²) in [6.07, 6.45) is 1.71. The molecule has 1 N–H and O–H groups in total. The van der Waals surface area contributed by atoms with Gasteiger partial charge in [0.05, 0.1) is 20.3 Å². The van der Waals surface area contributed by atoms with Gasteiger partial charge in [-0.05, 0) is 37.1 Å². The second-order valence-electron chi connectivity index (χ2n) is 4.43. The first-order chi connectivity index (χ1) is 9.24. The van der Waals surface area contributed by atoms with Gasteiger partial charge in [-0.15, -0.1) is 0 Å². The average molecular weight is 265 g/mol. The molecule has 19 heavy (non-hydrogen) atoms. The number of nitrogens with one attached hydrogen (secondary N) is 1. The zero-order valence-electron chi connectivity index (χ0n) is 11.2. The quantitative estimate of drug-likeness (QED) is 0.823. The van der Waals surface area contributed by atoms with Crippen molar-refractivity contribution in [2.75, 3.05) is 26.1 Å². The Hall–Kier alpha value is -1.75. The van der Waals surface area contributed by atoms with Crippen molar-refractivity contribution in [1.29, 1.82) is 0 Å². The van der Waals surface area contributed by atoms with Gasteiger partial charge in [0.15, 0.2) is 6.04 Å². The molecule has 0 saturated carbocycles. The Labute approximate surface area is 112 Å². The van der Waals surface area contributed by atoms with Crippen LogP contribution in [0, 0.1) is 0 Å². The zero-order valence-corrected chi connectivity index (χ0v) is 11.2. The number of hydrogen-bond donors (Lipinski definition) is 1. The Morgan fingerprint density at radius 1 is 1.37 bits per heavy atom. The number of ether oxygens (including phenoxy) is 3. The molecule has 0 radical (unpaired) electrons. The first-order valence-corrected chi connectivity index (χ1v) is 6.34. The van der Waals surface area contributed by atoms with E-state index in [1.807, 2.05) is 24.3 Å². The van der Waals surface area contributed by atoms with Crippen LogP contribution in [0.5, 0.6) is 5.75 Å². The van der Waals surface area contributed by atoms with E-state index >= 15 is 0 Å². The van der Waals surface area contributed by atoms with Gasteiger partial charge in [0.25, 0.3) is 0 Å². The van der Waals surface area contributed by atoms with Crippen molar-refractivity contribution in [3.05, 3.63) is 24.3 Å². The first-order valence-electron chi connectivity index (χ1n) is 6.34. The molecule has 1 aromatic carbocycles. The van der Waals surface area contributed by atoms with E-state index in [-0.39, 0.29) is 12.1 Å². The van der Waals surface area contributed by atoms with Crippen LogP contribution in [0.3, 0.4) is 0 Å². The van der Waals surface area contributed by atoms with Crippen molar-refractivity contribution in [3.63, 3.8) is 0 Å². The van der Waals surface area contributed by atoms with Gasteiger partial charge in [0.1, 0.15) is 5.75 Å². The molecule has 1 aromatic rings. The largest absolute Gasteiger partial charge is 0.497 e. The van der Waals surface area contributed by atoms with Gasteiger partial charge < -0.3 is 19.5 Å². The van der Waals surface area contributed by atoms with Crippen LogP contribution >= 0.6 is 0 Å². The van der Waals surface area contributed by atoms with E-state index in [1.54, 1.807) is 7.11 Å². The molecule has 2 rings (SSSR count). The third kappa shape index (κ3) is 3.38. The molecule has 1 fully saturated rings. The van der Waals surface area contributed by atoms with Gasteiger partial charge in [-0.3, -0.25) is 0 Å². The normalized spacial score (nSPS) is 19.8. The molecule has 1 heterocycles. The molecule has 5 heteroatoms. The van der Waals surface area contributed by atoms with Crippen molar-refractivity contribution in [3.8, 4) is 5.75 Å². The van der Waals surface area contributed by atoms with E-state index < -0.39 is 6.04 Å². The molecular formula is C14H19NO4. The highest BCUT2D eigenvalue weighted by molar-refractivity contribution is 5.80. The van der Waals surface area contributed by atoms with Crippen LogP contribution in [0.1, 0.15) is 12.8 Å². The zero-order chi connectivity index (χ0) is 13.7. The topological polar surface area (TPSA) is 56.8 Å². The molecule has 5 nitrogen and oxygen atoms in total. The summed E-state index contributed by atoms with van der Waals surface area (Å²) in [5.41, 5.74) is 0.840. The Kier molecular flexibility index (Phi) is 4.63. The van der Waals surface area contributed by atoms with Gasteiger partial charge in [-0.2, -0.15) is 0 Å². The summed E-state index contributed by atoms with van der Waals surface area (Å²) < 4.78 is 15.5. The SMILES string of the molecule is COC(=O)C(Nc1ccc(OC)cc1)C1CCCO1. The fraction of sp³-hybridized carbons (Fsp3) is 0.500. The lowest BCUT2D eigenvalue weighted by atomic mass is 10.1. The maximum atomic E-state index is 11.8. The first kappa shape index (κ1) is 13.7. The summed E-state index contributed by atoms with van der Waals surface area (Å²) in [6, 6.07) is 6.94. The number of hydrogen-bond acceptors (Lipinski definition) is 5. The number of anilines is 1. The van der Waals surface area contributed by atoms with Crippen molar-refractivity contribution in [2.45, 2.75) is 25.0 Å². The highest BCUT2D eigenvalue weighted by Crippen LogP contribution is 2.21. The van der Waals surface area contributed by atoms with Crippen molar-refractivity contribution in [2.24, 2.45) is 0 Å². The third-order valence-electron chi connectivity index (χ3n) is 3.20. The Morgan fingerprint density at radius 3 is 2.63 bits per heavy atom. The number of benzene rings is 1. The predicted molar refractivity (Wildman–Crippen MR) is 71.4 cm³/mol. The highest BCUT2D eigenvalue weighted by atomic mass is 16.5. The lowest BCUT2D eigenvalue weighted by Gasteiger charge is -2.22. The second kappa shape index (κ2) is 6.43. The highest BCUT2D eigenvalue weighted by Gasteiger charge is 2.32. The summed E-state index contributed by atoms with van der Waals surface area (Å²) in [5.74, 6) is 0.472. The molecule has 0 aromatic heterocycles. The van der Waals surface area contributed by atoms with E-state index in [0.29, 0.717) is 6.61 Å². The van der Waals surface area contributed by atoms with E-state index in [1.165, 1.54) is 7.11 Å². The van der Waals surface area contributed by atoms with Gasteiger partial charge >= 0.3 is 5.97 Å². The molecule has 2 unspecified atom stereocenters. The minimum absolute atomic E-state index is 0.130.